The van der Waals surface area contributed by atoms with Gasteiger partial charge in [-0.1, -0.05) is 41.1 Å². The Morgan fingerprint density at radius 1 is 1.43 bits per heavy atom. The van der Waals surface area contributed by atoms with Gasteiger partial charge < -0.3 is 4.74 Å². The molecule has 2 aromatic rings. The van der Waals surface area contributed by atoms with Crippen LogP contribution in [0.3, 0.4) is 0 Å². The van der Waals surface area contributed by atoms with Crippen LogP contribution in [-0.2, 0) is 10.0 Å². The van der Waals surface area contributed by atoms with Crippen molar-refractivity contribution in [1.82, 2.24) is 9.71 Å². The number of benzene rings is 1. The quantitative estimate of drug-likeness (QED) is 0.929. The standard InChI is InChI=1S/C13H13ClN2O3S2/c1-8-12(20-13(14)15-8)21(17,18)16-10-6-7-19-11-5-3-2-4-9(10)11/h2-5,10,16H,6-7H2,1H3. The Bertz CT molecular complexity index is 773. The third-order valence-electron chi connectivity index (χ3n) is 3.23. The SMILES string of the molecule is Cc1nc(Cl)sc1S(=O)(=O)NC1CCOc2ccccc21. The fourth-order valence-electron chi connectivity index (χ4n) is 2.31. The number of nitrogens with zero attached hydrogens (tertiary/aromatic N) is 1. The van der Waals surface area contributed by atoms with Crippen molar-refractivity contribution < 1.29 is 13.2 Å². The number of fused-ring (bicyclic) bond motifs is 1. The third kappa shape index (κ3) is 2.91. The molecule has 5 nitrogen and oxygen atoms in total. The van der Waals surface area contributed by atoms with Crippen LogP contribution < -0.4 is 9.46 Å². The van der Waals surface area contributed by atoms with Crippen molar-refractivity contribution in [1.29, 1.82) is 0 Å². The number of halogens is 1. The lowest BCUT2D eigenvalue weighted by molar-refractivity contribution is 0.263. The molecule has 1 unspecified atom stereocenters. The van der Waals surface area contributed by atoms with Crippen LogP contribution in [0.15, 0.2) is 28.5 Å². The average Bonchev–Trinajstić information content (AvgIpc) is 2.79. The molecule has 0 saturated heterocycles. The number of rotatable bonds is 3. The topological polar surface area (TPSA) is 68.3 Å². The summed E-state index contributed by atoms with van der Waals surface area (Å²) in [5.74, 6) is 0.718. The van der Waals surface area contributed by atoms with Crippen LogP contribution in [0.5, 0.6) is 5.75 Å². The number of sulfonamides is 1. The summed E-state index contributed by atoms with van der Waals surface area (Å²) in [6, 6.07) is 7.13. The Morgan fingerprint density at radius 3 is 2.90 bits per heavy atom. The van der Waals surface area contributed by atoms with Crippen molar-refractivity contribution in [3.63, 3.8) is 0 Å². The number of thiazole rings is 1. The molecule has 1 aliphatic heterocycles. The molecule has 1 aromatic carbocycles. The number of para-hydroxylation sites is 1. The summed E-state index contributed by atoms with van der Waals surface area (Å²) in [4.78, 5) is 3.95. The van der Waals surface area contributed by atoms with E-state index in [0.717, 1.165) is 22.6 Å². The predicted molar refractivity (Wildman–Crippen MR) is 81.5 cm³/mol. The number of aromatic nitrogens is 1. The summed E-state index contributed by atoms with van der Waals surface area (Å²) in [6.07, 6.45) is 0.585. The summed E-state index contributed by atoms with van der Waals surface area (Å²) in [6.45, 7) is 2.11. The minimum Gasteiger partial charge on any atom is -0.493 e. The van der Waals surface area contributed by atoms with Crippen molar-refractivity contribution in [2.24, 2.45) is 0 Å². The minimum atomic E-state index is -3.65. The van der Waals surface area contributed by atoms with Crippen molar-refractivity contribution in [2.45, 2.75) is 23.6 Å². The molecule has 0 saturated carbocycles. The second kappa shape index (κ2) is 5.57. The Kier molecular flexibility index (Phi) is 3.92. The Balaban J connectivity index is 1.92. The minimum absolute atomic E-state index is 0.163. The van der Waals surface area contributed by atoms with Gasteiger partial charge in [0.05, 0.1) is 18.3 Å². The number of hydrogen-bond acceptors (Lipinski definition) is 5. The predicted octanol–water partition coefficient (Wildman–Crippen LogP) is 2.91. The lowest BCUT2D eigenvalue weighted by atomic mass is 10.0. The molecule has 1 aromatic heterocycles. The molecule has 1 N–H and O–H groups in total. The first-order chi connectivity index (χ1) is 9.97. The van der Waals surface area contributed by atoms with Crippen LogP contribution in [0, 0.1) is 6.92 Å². The zero-order chi connectivity index (χ0) is 15.0. The van der Waals surface area contributed by atoms with Gasteiger partial charge in [-0.2, -0.15) is 0 Å². The van der Waals surface area contributed by atoms with Gasteiger partial charge in [0.15, 0.2) is 8.68 Å². The zero-order valence-electron chi connectivity index (χ0n) is 11.2. The molecule has 8 heteroatoms. The zero-order valence-corrected chi connectivity index (χ0v) is 13.6. The lowest BCUT2D eigenvalue weighted by Crippen LogP contribution is -2.32. The maximum Gasteiger partial charge on any atom is 0.252 e. The van der Waals surface area contributed by atoms with E-state index in [1.807, 2.05) is 24.3 Å². The molecule has 0 aliphatic carbocycles. The van der Waals surface area contributed by atoms with Crippen molar-refractivity contribution in [3.8, 4) is 5.75 Å². The second-order valence-electron chi connectivity index (χ2n) is 4.69. The fourth-order valence-corrected chi connectivity index (χ4v) is 5.31. The van der Waals surface area contributed by atoms with E-state index < -0.39 is 10.0 Å². The van der Waals surface area contributed by atoms with Crippen LogP contribution in [-0.4, -0.2) is 20.0 Å². The van der Waals surface area contributed by atoms with Gasteiger partial charge in [-0.05, 0) is 13.0 Å². The largest absolute Gasteiger partial charge is 0.493 e. The maximum absolute atomic E-state index is 12.5. The second-order valence-corrected chi connectivity index (χ2v) is 8.18. The molecule has 2 heterocycles. The highest BCUT2D eigenvalue weighted by Gasteiger charge is 2.29. The normalized spacial score (nSPS) is 18.1. The molecule has 3 rings (SSSR count). The summed E-state index contributed by atoms with van der Waals surface area (Å²) in [5, 5.41) is 0. The van der Waals surface area contributed by atoms with Crippen molar-refractivity contribution >= 4 is 33.0 Å². The van der Waals surface area contributed by atoms with Crippen LogP contribution in [0.25, 0.3) is 0 Å². The van der Waals surface area contributed by atoms with Crippen molar-refractivity contribution in [3.05, 3.63) is 40.0 Å². The molecule has 0 bridgehead atoms. The summed E-state index contributed by atoms with van der Waals surface area (Å²) < 4.78 is 33.7. The van der Waals surface area contributed by atoms with Crippen molar-refractivity contribution in [2.75, 3.05) is 6.61 Å². The summed E-state index contributed by atoms with van der Waals surface area (Å²) in [7, 11) is -3.65. The molecular formula is C13H13ClN2O3S2. The molecule has 0 radical (unpaired) electrons. The third-order valence-corrected chi connectivity index (χ3v) is 6.57. The molecule has 1 atom stereocenters. The first-order valence-electron chi connectivity index (χ1n) is 6.34. The summed E-state index contributed by atoms with van der Waals surface area (Å²) in [5.41, 5.74) is 1.26. The van der Waals surface area contributed by atoms with Gasteiger partial charge in [0.2, 0.25) is 0 Å². The van der Waals surface area contributed by atoms with Gasteiger partial charge >= 0.3 is 0 Å². The maximum atomic E-state index is 12.5. The van der Waals surface area contributed by atoms with E-state index in [1.54, 1.807) is 6.92 Å². The number of hydrogen-bond donors (Lipinski definition) is 1. The molecule has 0 spiro atoms. The van der Waals surface area contributed by atoms with Crippen LogP contribution in [0.4, 0.5) is 0 Å². The lowest BCUT2D eigenvalue weighted by Gasteiger charge is -2.26. The monoisotopic (exact) mass is 344 g/mol. The van der Waals surface area contributed by atoms with E-state index in [1.165, 1.54) is 0 Å². The molecule has 1 aliphatic rings. The van der Waals surface area contributed by atoms with E-state index in [9.17, 15) is 8.42 Å². The van der Waals surface area contributed by atoms with Gasteiger partial charge in [-0.3, -0.25) is 0 Å². The highest BCUT2D eigenvalue weighted by Crippen LogP contribution is 2.34. The first kappa shape index (κ1) is 14.8. The number of aryl methyl sites for hydroxylation is 1. The Hall–Kier alpha value is -1.15. The molecule has 0 amide bonds. The van der Waals surface area contributed by atoms with Crippen LogP contribution >= 0.6 is 22.9 Å². The van der Waals surface area contributed by atoms with Gasteiger partial charge in [0.1, 0.15) is 5.75 Å². The molecular weight excluding hydrogens is 332 g/mol. The van der Waals surface area contributed by atoms with E-state index in [4.69, 9.17) is 16.3 Å². The van der Waals surface area contributed by atoms with E-state index in [2.05, 4.69) is 9.71 Å². The van der Waals surface area contributed by atoms with Crippen LogP contribution in [0.1, 0.15) is 23.7 Å². The van der Waals surface area contributed by atoms with Gasteiger partial charge in [-0.15, -0.1) is 0 Å². The van der Waals surface area contributed by atoms with E-state index in [0.29, 0.717) is 18.7 Å². The van der Waals surface area contributed by atoms with E-state index >= 15 is 0 Å². The molecule has 112 valence electrons. The van der Waals surface area contributed by atoms with Crippen LogP contribution in [0.2, 0.25) is 4.47 Å². The summed E-state index contributed by atoms with van der Waals surface area (Å²) >= 11 is 6.75. The molecule has 0 fully saturated rings. The van der Waals surface area contributed by atoms with E-state index in [-0.39, 0.29) is 14.7 Å². The van der Waals surface area contributed by atoms with Gasteiger partial charge in [0.25, 0.3) is 10.0 Å². The Labute approximate surface area is 132 Å². The first-order valence-corrected chi connectivity index (χ1v) is 9.02. The number of ether oxygens (including phenoxy) is 1. The smallest absolute Gasteiger partial charge is 0.252 e. The Morgan fingerprint density at radius 2 is 2.19 bits per heavy atom. The highest BCUT2D eigenvalue weighted by molar-refractivity contribution is 7.91. The van der Waals surface area contributed by atoms with Gasteiger partial charge in [0, 0.05) is 12.0 Å². The molecule has 21 heavy (non-hydrogen) atoms. The highest BCUT2D eigenvalue weighted by atomic mass is 35.5. The number of nitrogens with one attached hydrogen (secondary N) is 1. The van der Waals surface area contributed by atoms with Gasteiger partial charge in [-0.25, -0.2) is 18.1 Å². The fraction of sp³-hybridized carbons (Fsp3) is 0.308. The average molecular weight is 345 g/mol.